The van der Waals surface area contributed by atoms with Crippen LogP contribution in [0.5, 0.6) is 0 Å². The molecule has 4 nitrogen and oxygen atoms in total. The van der Waals surface area contributed by atoms with Gasteiger partial charge >= 0.3 is 0 Å². The van der Waals surface area contributed by atoms with Gasteiger partial charge < -0.3 is 15.5 Å². The fourth-order valence-electron chi connectivity index (χ4n) is 3.08. The van der Waals surface area contributed by atoms with Crippen molar-refractivity contribution >= 4 is 5.96 Å². The summed E-state index contributed by atoms with van der Waals surface area (Å²) >= 11 is 0. The van der Waals surface area contributed by atoms with Crippen molar-refractivity contribution in [1.82, 2.24) is 15.5 Å². The van der Waals surface area contributed by atoms with E-state index < -0.39 is 0 Å². The predicted molar refractivity (Wildman–Crippen MR) is 103 cm³/mol. The molecule has 0 aromatic heterocycles. The number of halogens is 1. The zero-order valence-electron chi connectivity index (χ0n) is 15.7. The van der Waals surface area contributed by atoms with Crippen LogP contribution in [0.3, 0.4) is 0 Å². The molecular formula is C20H31FN4. The summed E-state index contributed by atoms with van der Waals surface area (Å²) in [5, 5.41) is 6.67. The van der Waals surface area contributed by atoms with E-state index in [0.717, 1.165) is 30.1 Å². The van der Waals surface area contributed by atoms with Crippen molar-refractivity contribution in [2.24, 2.45) is 4.99 Å². The van der Waals surface area contributed by atoms with Crippen LogP contribution in [0.2, 0.25) is 0 Å². The molecule has 138 valence electrons. The van der Waals surface area contributed by atoms with Gasteiger partial charge in [0.25, 0.3) is 0 Å². The first-order chi connectivity index (χ1) is 12.1. The van der Waals surface area contributed by atoms with Crippen molar-refractivity contribution in [3.05, 3.63) is 46.8 Å². The molecule has 0 unspecified atom stereocenters. The van der Waals surface area contributed by atoms with Crippen LogP contribution in [-0.2, 0) is 13.1 Å². The second kappa shape index (κ2) is 10.2. The molecule has 1 aromatic carbocycles. The molecular weight excluding hydrogens is 315 g/mol. The molecule has 0 amide bonds. The number of hydrogen-bond donors (Lipinski definition) is 2. The lowest BCUT2D eigenvalue weighted by Gasteiger charge is -2.16. The van der Waals surface area contributed by atoms with Crippen molar-refractivity contribution in [1.29, 1.82) is 0 Å². The Balaban J connectivity index is 1.81. The number of allylic oxidation sites excluding steroid dienone is 1. The molecule has 0 fully saturated rings. The minimum absolute atomic E-state index is 0.152. The summed E-state index contributed by atoms with van der Waals surface area (Å²) < 4.78 is 13.8. The standard InChI is InChI=1S/C20H31FN4/c1-22-20(23-12-11-16-7-5-4-6-8-16)24-14-17-9-10-19(21)18(13-17)15-25(2)3/h7,9-10,13H,4-6,8,11-12,14-15H2,1-3H3,(H2,22,23,24). The van der Waals surface area contributed by atoms with Gasteiger partial charge in [0.2, 0.25) is 0 Å². The van der Waals surface area contributed by atoms with Gasteiger partial charge in [-0.2, -0.15) is 0 Å². The highest BCUT2D eigenvalue weighted by atomic mass is 19.1. The molecule has 25 heavy (non-hydrogen) atoms. The number of hydrogen-bond acceptors (Lipinski definition) is 2. The Morgan fingerprint density at radius 1 is 1.24 bits per heavy atom. The maximum Gasteiger partial charge on any atom is 0.191 e. The number of guanidine groups is 1. The van der Waals surface area contributed by atoms with Crippen LogP contribution in [0.1, 0.15) is 43.2 Å². The van der Waals surface area contributed by atoms with E-state index in [1.54, 1.807) is 18.7 Å². The van der Waals surface area contributed by atoms with Gasteiger partial charge in [-0.1, -0.05) is 17.7 Å². The zero-order valence-corrected chi connectivity index (χ0v) is 15.7. The normalized spacial score (nSPS) is 15.2. The van der Waals surface area contributed by atoms with Crippen LogP contribution in [0.15, 0.2) is 34.8 Å². The Labute approximate surface area is 151 Å². The molecule has 0 saturated heterocycles. The minimum Gasteiger partial charge on any atom is -0.356 e. The fourth-order valence-corrected chi connectivity index (χ4v) is 3.08. The molecule has 0 aliphatic heterocycles. The van der Waals surface area contributed by atoms with Crippen molar-refractivity contribution in [2.75, 3.05) is 27.7 Å². The average molecular weight is 346 g/mol. The average Bonchev–Trinajstić information content (AvgIpc) is 2.61. The van der Waals surface area contributed by atoms with E-state index in [1.165, 1.54) is 25.7 Å². The van der Waals surface area contributed by atoms with Crippen molar-refractivity contribution in [3.63, 3.8) is 0 Å². The Morgan fingerprint density at radius 3 is 2.76 bits per heavy atom. The lowest BCUT2D eigenvalue weighted by atomic mass is 9.97. The van der Waals surface area contributed by atoms with Crippen molar-refractivity contribution in [2.45, 2.75) is 45.2 Å². The van der Waals surface area contributed by atoms with Gasteiger partial charge in [0, 0.05) is 32.2 Å². The highest BCUT2D eigenvalue weighted by Gasteiger charge is 2.07. The van der Waals surface area contributed by atoms with Crippen LogP contribution in [-0.4, -0.2) is 38.5 Å². The monoisotopic (exact) mass is 346 g/mol. The third-order valence-corrected chi connectivity index (χ3v) is 4.40. The zero-order chi connectivity index (χ0) is 18.1. The van der Waals surface area contributed by atoms with Crippen LogP contribution in [0, 0.1) is 5.82 Å². The molecule has 0 saturated carbocycles. The van der Waals surface area contributed by atoms with Crippen molar-refractivity contribution < 1.29 is 4.39 Å². The van der Waals surface area contributed by atoms with E-state index in [1.807, 2.05) is 31.1 Å². The lowest BCUT2D eigenvalue weighted by Crippen LogP contribution is -2.37. The van der Waals surface area contributed by atoms with E-state index in [4.69, 9.17) is 0 Å². The van der Waals surface area contributed by atoms with Gasteiger partial charge in [0.15, 0.2) is 5.96 Å². The highest BCUT2D eigenvalue weighted by Crippen LogP contribution is 2.19. The molecule has 2 N–H and O–H groups in total. The molecule has 0 spiro atoms. The first-order valence-electron chi connectivity index (χ1n) is 9.13. The molecule has 1 aliphatic rings. The van der Waals surface area contributed by atoms with E-state index in [0.29, 0.717) is 13.1 Å². The molecule has 1 aliphatic carbocycles. The Bertz CT molecular complexity index is 608. The minimum atomic E-state index is -0.152. The Morgan fingerprint density at radius 2 is 2.08 bits per heavy atom. The molecule has 5 heteroatoms. The molecule has 1 aromatic rings. The molecule has 0 radical (unpaired) electrons. The van der Waals surface area contributed by atoms with Crippen LogP contribution in [0.25, 0.3) is 0 Å². The van der Waals surface area contributed by atoms with Gasteiger partial charge in [-0.25, -0.2) is 4.39 Å². The molecule has 2 rings (SSSR count). The largest absolute Gasteiger partial charge is 0.356 e. The van der Waals surface area contributed by atoms with Gasteiger partial charge in [-0.15, -0.1) is 0 Å². The highest BCUT2D eigenvalue weighted by molar-refractivity contribution is 5.79. The Hall–Kier alpha value is -1.88. The summed E-state index contributed by atoms with van der Waals surface area (Å²) in [6.07, 6.45) is 8.56. The smallest absolute Gasteiger partial charge is 0.191 e. The van der Waals surface area contributed by atoms with E-state index >= 15 is 0 Å². The molecule has 0 bridgehead atoms. The second-order valence-corrected chi connectivity index (χ2v) is 6.87. The summed E-state index contributed by atoms with van der Waals surface area (Å²) in [6.45, 7) is 2.12. The maximum atomic E-state index is 13.8. The SMILES string of the molecule is CN=C(NCCC1=CCCCC1)NCc1ccc(F)c(CN(C)C)c1. The first kappa shape index (κ1) is 19.4. The fraction of sp³-hybridized carbons (Fsp3) is 0.550. The predicted octanol–water partition coefficient (Wildman–Crippen LogP) is 3.44. The van der Waals surface area contributed by atoms with Crippen molar-refractivity contribution in [3.8, 4) is 0 Å². The Kier molecular flexibility index (Phi) is 7.92. The summed E-state index contributed by atoms with van der Waals surface area (Å²) in [4.78, 5) is 6.24. The topological polar surface area (TPSA) is 39.7 Å². The summed E-state index contributed by atoms with van der Waals surface area (Å²) in [5.74, 6) is 0.635. The number of benzene rings is 1. The van der Waals surface area contributed by atoms with Crippen LogP contribution >= 0.6 is 0 Å². The summed E-state index contributed by atoms with van der Waals surface area (Å²) in [6, 6.07) is 5.28. The number of rotatable bonds is 7. The molecule has 0 heterocycles. The second-order valence-electron chi connectivity index (χ2n) is 6.87. The third kappa shape index (κ3) is 6.86. The van der Waals surface area contributed by atoms with E-state index in [-0.39, 0.29) is 5.82 Å². The van der Waals surface area contributed by atoms with Gasteiger partial charge in [0.1, 0.15) is 5.82 Å². The van der Waals surface area contributed by atoms with Crippen LogP contribution < -0.4 is 10.6 Å². The molecule has 0 atom stereocenters. The third-order valence-electron chi connectivity index (χ3n) is 4.40. The summed E-state index contributed by atoms with van der Waals surface area (Å²) in [7, 11) is 5.66. The van der Waals surface area contributed by atoms with Gasteiger partial charge in [0.05, 0.1) is 0 Å². The summed E-state index contributed by atoms with van der Waals surface area (Å²) in [5.41, 5.74) is 3.33. The number of aliphatic imine (C=N–C) groups is 1. The van der Waals surface area contributed by atoms with E-state index in [9.17, 15) is 4.39 Å². The van der Waals surface area contributed by atoms with Gasteiger partial charge in [-0.3, -0.25) is 4.99 Å². The first-order valence-corrected chi connectivity index (χ1v) is 9.13. The quantitative estimate of drug-likeness (QED) is 0.451. The van der Waals surface area contributed by atoms with E-state index in [2.05, 4.69) is 21.7 Å². The number of nitrogens with one attached hydrogen (secondary N) is 2. The number of nitrogens with zero attached hydrogens (tertiary/aromatic N) is 2. The lowest BCUT2D eigenvalue weighted by molar-refractivity contribution is 0.392. The maximum absolute atomic E-state index is 13.8. The van der Waals surface area contributed by atoms with Crippen LogP contribution in [0.4, 0.5) is 4.39 Å². The van der Waals surface area contributed by atoms with Gasteiger partial charge in [-0.05, 0) is 63.9 Å².